The van der Waals surface area contributed by atoms with Crippen molar-refractivity contribution in [2.24, 2.45) is 0 Å². The molecule has 1 unspecified atom stereocenters. The van der Waals surface area contributed by atoms with Crippen LogP contribution in [-0.2, 0) is 17.8 Å². The molecule has 33 heavy (non-hydrogen) atoms. The largest absolute Gasteiger partial charge is 0.496 e. The fourth-order valence-corrected chi connectivity index (χ4v) is 4.34. The molecule has 1 amide bonds. The number of benzene rings is 2. The maximum absolute atomic E-state index is 13.9. The average molecular weight is 452 g/mol. The molecule has 0 N–H and O–H groups in total. The fourth-order valence-electron chi connectivity index (χ4n) is 4.34. The third-order valence-corrected chi connectivity index (χ3v) is 6.06. The first kappa shape index (κ1) is 23.0. The number of halogens is 1. The minimum Gasteiger partial charge on any atom is -0.496 e. The Morgan fingerprint density at radius 3 is 2.76 bits per heavy atom. The Labute approximate surface area is 194 Å². The van der Waals surface area contributed by atoms with E-state index in [1.807, 2.05) is 47.2 Å². The van der Waals surface area contributed by atoms with Gasteiger partial charge < -0.3 is 14.1 Å². The van der Waals surface area contributed by atoms with Gasteiger partial charge >= 0.3 is 0 Å². The predicted molar refractivity (Wildman–Crippen MR) is 124 cm³/mol. The van der Waals surface area contributed by atoms with E-state index in [4.69, 9.17) is 9.15 Å². The van der Waals surface area contributed by atoms with Crippen molar-refractivity contribution >= 4 is 5.91 Å². The predicted octanol–water partition coefficient (Wildman–Crippen LogP) is 4.25. The Kier molecular flexibility index (Phi) is 7.40. The van der Waals surface area contributed by atoms with E-state index in [2.05, 4.69) is 4.98 Å². The van der Waals surface area contributed by atoms with E-state index in [-0.39, 0.29) is 24.2 Å². The quantitative estimate of drug-likeness (QED) is 0.513. The second-order valence-electron chi connectivity index (χ2n) is 8.60. The summed E-state index contributed by atoms with van der Waals surface area (Å²) in [6.45, 7) is 1.94. The Morgan fingerprint density at radius 1 is 1.21 bits per heavy atom. The van der Waals surface area contributed by atoms with Crippen LogP contribution in [-0.4, -0.2) is 54.5 Å². The van der Waals surface area contributed by atoms with Gasteiger partial charge in [-0.15, -0.1) is 0 Å². The molecular weight excluding hydrogens is 421 g/mol. The lowest BCUT2D eigenvalue weighted by Gasteiger charge is -2.32. The molecule has 0 bridgehead atoms. The molecule has 0 spiro atoms. The molecule has 3 aromatic rings. The molecule has 1 aromatic heterocycles. The molecule has 1 saturated heterocycles. The van der Waals surface area contributed by atoms with Crippen molar-refractivity contribution in [3.05, 3.63) is 83.3 Å². The fraction of sp³-hybridized carbons (Fsp3) is 0.385. The second kappa shape index (κ2) is 10.6. The summed E-state index contributed by atoms with van der Waals surface area (Å²) in [5, 5.41) is 0. The van der Waals surface area contributed by atoms with Crippen molar-refractivity contribution in [3.63, 3.8) is 0 Å². The smallest absolute Gasteiger partial charge is 0.236 e. The van der Waals surface area contributed by atoms with Gasteiger partial charge in [0.25, 0.3) is 0 Å². The number of carbonyl (C=O) groups is 1. The third-order valence-electron chi connectivity index (χ3n) is 6.06. The highest BCUT2D eigenvalue weighted by Gasteiger charge is 2.28. The van der Waals surface area contributed by atoms with Crippen LogP contribution in [0.15, 0.2) is 59.1 Å². The van der Waals surface area contributed by atoms with Crippen LogP contribution in [0.4, 0.5) is 4.39 Å². The number of likely N-dealkylation sites (N-methyl/N-ethyl adjacent to an activating group) is 1. The summed E-state index contributed by atoms with van der Waals surface area (Å²) >= 11 is 0. The number of nitrogens with zero attached hydrogens (tertiary/aromatic N) is 3. The lowest BCUT2D eigenvalue weighted by Crippen LogP contribution is -2.43. The number of para-hydroxylation sites is 1. The molecule has 6 nitrogen and oxygen atoms in total. The average Bonchev–Trinajstić information content (AvgIpc) is 3.29. The first-order chi connectivity index (χ1) is 16.0. The molecule has 4 rings (SSSR count). The number of piperidine rings is 1. The van der Waals surface area contributed by atoms with Crippen LogP contribution in [0.1, 0.15) is 41.5 Å². The number of methoxy groups -OCH3 is 1. The van der Waals surface area contributed by atoms with Gasteiger partial charge in [0.1, 0.15) is 17.3 Å². The number of hydrogen-bond donors (Lipinski definition) is 0. The van der Waals surface area contributed by atoms with E-state index < -0.39 is 0 Å². The van der Waals surface area contributed by atoms with E-state index in [1.165, 1.54) is 6.07 Å². The zero-order valence-corrected chi connectivity index (χ0v) is 19.2. The molecule has 2 heterocycles. The van der Waals surface area contributed by atoms with Gasteiger partial charge in [-0.2, -0.15) is 0 Å². The number of ether oxygens (including phenoxy) is 1. The summed E-state index contributed by atoms with van der Waals surface area (Å²) in [4.78, 5) is 21.1. The third kappa shape index (κ3) is 5.79. The number of aromatic nitrogens is 1. The Morgan fingerprint density at radius 2 is 1.97 bits per heavy atom. The van der Waals surface area contributed by atoms with Gasteiger partial charge in [0.2, 0.25) is 5.91 Å². The molecule has 7 heteroatoms. The maximum Gasteiger partial charge on any atom is 0.236 e. The topological polar surface area (TPSA) is 58.8 Å². The molecule has 0 aliphatic carbocycles. The van der Waals surface area contributed by atoms with Gasteiger partial charge in [-0.1, -0.05) is 36.4 Å². The summed E-state index contributed by atoms with van der Waals surface area (Å²) in [5.74, 6) is 2.15. The van der Waals surface area contributed by atoms with E-state index in [0.717, 1.165) is 36.5 Å². The van der Waals surface area contributed by atoms with Crippen molar-refractivity contribution in [3.8, 4) is 5.75 Å². The van der Waals surface area contributed by atoms with Gasteiger partial charge in [0, 0.05) is 37.2 Å². The number of hydrogen-bond acceptors (Lipinski definition) is 5. The van der Waals surface area contributed by atoms with Crippen LogP contribution in [0.25, 0.3) is 0 Å². The molecular formula is C26H30FN3O3. The van der Waals surface area contributed by atoms with Crippen molar-refractivity contribution in [1.29, 1.82) is 0 Å². The second-order valence-corrected chi connectivity index (χ2v) is 8.60. The summed E-state index contributed by atoms with van der Waals surface area (Å²) < 4.78 is 25.4. The van der Waals surface area contributed by atoms with E-state index >= 15 is 0 Å². The summed E-state index contributed by atoms with van der Waals surface area (Å²) in [7, 11) is 3.50. The molecule has 0 radical (unpaired) electrons. The van der Waals surface area contributed by atoms with Crippen LogP contribution >= 0.6 is 0 Å². The lowest BCUT2D eigenvalue weighted by atomic mass is 9.98. The Bertz CT molecular complexity index is 1080. The van der Waals surface area contributed by atoms with E-state index in [1.54, 1.807) is 25.4 Å². The van der Waals surface area contributed by atoms with E-state index in [9.17, 15) is 9.18 Å². The first-order valence-corrected chi connectivity index (χ1v) is 11.3. The van der Waals surface area contributed by atoms with Crippen molar-refractivity contribution < 1.29 is 18.3 Å². The number of amides is 1. The highest BCUT2D eigenvalue weighted by Crippen LogP contribution is 2.28. The lowest BCUT2D eigenvalue weighted by molar-refractivity contribution is -0.133. The number of oxazole rings is 1. The monoisotopic (exact) mass is 451 g/mol. The summed E-state index contributed by atoms with van der Waals surface area (Å²) in [5.41, 5.74) is 1.63. The van der Waals surface area contributed by atoms with Crippen LogP contribution in [0, 0.1) is 5.82 Å². The highest BCUT2D eigenvalue weighted by molar-refractivity contribution is 5.78. The molecule has 2 aromatic carbocycles. The van der Waals surface area contributed by atoms with E-state index in [0.29, 0.717) is 31.0 Å². The van der Waals surface area contributed by atoms with Crippen LogP contribution in [0.2, 0.25) is 0 Å². The van der Waals surface area contributed by atoms with Gasteiger partial charge in [0.15, 0.2) is 5.89 Å². The molecule has 1 aliphatic heterocycles. The number of likely N-dealkylation sites (tertiary alicyclic amines) is 1. The number of rotatable bonds is 8. The summed E-state index contributed by atoms with van der Waals surface area (Å²) in [6.07, 6.45) is 4.21. The zero-order chi connectivity index (χ0) is 23.2. The van der Waals surface area contributed by atoms with Gasteiger partial charge in [-0.25, -0.2) is 9.37 Å². The molecule has 1 fully saturated rings. The van der Waals surface area contributed by atoms with Gasteiger partial charge in [-0.3, -0.25) is 9.69 Å². The van der Waals surface area contributed by atoms with Crippen molar-refractivity contribution in [2.75, 3.05) is 33.8 Å². The molecule has 174 valence electrons. The molecule has 0 saturated carbocycles. The Hall–Kier alpha value is -3.19. The minimum absolute atomic E-state index is 0.0411. The molecule has 1 atom stereocenters. The van der Waals surface area contributed by atoms with Crippen molar-refractivity contribution in [1.82, 2.24) is 14.8 Å². The van der Waals surface area contributed by atoms with Crippen LogP contribution in [0.3, 0.4) is 0 Å². The molecule has 1 aliphatic rings. The minimum atomic E-state index is -0.248. The van der Waals surface area contributed by atoms with Gasteiger partial charge in [-0.05, 0) is 32.0 Å². The first-order valence-electron chi connectivity index (χ1n) is 11.3. The SMILES string of the molecule is COc1ccccc1Cc1cnc(C2CCCN(C(=O)CN(C)Cc3ccccc3F)C2)o1. The van der Waals surface area contributed by atoms with Gasteiger partial charge in [0.05, 0.1) is 25.8 Å². The normalized spacial score (nSPS) is 16.2. The summed E-state index contributed by atoms with van der Waals surface area (Å²) in [6, 6.07) is 14.5. The zero-order valence-electron chi connectivity index (χ0n) is 19.2. The van der Waals surface area contributed by atoms with Crippen LogP contribution < -0.4 is 4.74 Å². The van der Waals surface area contributed by atoms with Crippen molar-refractivity contribution in [2.45, 2.75) is 31.7 Å². The van der Waals surface area contributed by atoms with Crippen LogP contribution in [0.5, 0.6) is 5.75 Å². The highest BCUT2D eigenvalue weighted by atomic mass is 19.1. The Balaban J connectivity index is 1.34. The standard InChI is InChI=1S/C26H30FN3O3/c1-29(16-20-9-3-5-11-23(20)27)18-25(31)30-13-7-10-21(17-30)26-28-15-22(33-26)14-19-8-4-6-12-24(19)32-2/h3-6,8-9,11-12,15,21H,7,10,13-14,16-18H2,1-2H3. The maximum atomic E-state index is 13.9. The number of carbonyl (C=O) groups excluding carboxylic acids is 1.